The second-order valence-electron chi connectivity index (χ2n) is 3.85. The molecule has 2 rings (SSSR count). The lowest BCUT2D eigenvalue weighted by Gasteiger charge is -2.11. The van der Waals surface area contributed by atoms with Crippen LogP contribution in [0.25, 0.3) is 10.9 Å². The first-order valence-electron chi connectivity index (χ1n) is 5.54. The normalized spacial score (nSPS) is 10.6. The van der Waals surface area contributed by atoms with E-state index in [-0.39, 0.29) is 0 Å². The van der Waals surface area contributed by atoms with Crippen molar-refractivity contribution in [2.24, 2.45) is 0 Å². The molecule has 0 fully saturated rings. The van der Waals surface area contributed by atoms with Crippen LogP contribution < -0.4 is 10.1 Å². The molecule has 1 heterocycles. The number of nitrogens with one attached hydrogen (secondary N) is 1. The topological polar surface area (TPSA) is 34.2 Å². The van der Waals surface area contributed by atoms with Crippen LogP contribution in [0, 0.1) is 6.92 Å². The van der Waals surface area contributed by atoms with Crippen molar-refractivity contribution >= 4 is 28.2 Å². The number of pyridine rings is 1. The summed E-state index contributed by atoms with van der Waals surface area (Å²) in [7, 11) is 1.61. The van der Waals surface area contributed by atoms with E-state index >= 15 is 0 Å². The monoisotopic (exact) mass is 250 g/mol. The van der Waals surface area contributed by atoms with Crippen molar-refractivity contribution in [2.45, 2.75) is 13.8 Å². The standard InChI is InChI=1S/C13H15ClN2O/c1-4-15-11-5-8(2)16-12-7-13(17-3)10(14)6-9(11)12/h5-7H,4H2,1-3H3,(H,15,16). The molecule has 1 aromatic carbocycles. The minimum absolute atomic E-state index is 0.602. The Hall–Kier alpha value is -1.48. The van der Waals surface area contributed by atoms with Gasteiger partial charge in [-0.3, -0.25) is 4.98 Å². The Balaban J connectivity index is 2.71. The van der Waals surface area contributed by atoms with Crippen molar-refractivity contribution < 1.29 is 4.74 Å². The van der Waals surface area contributed by atoms with Crippen LogP contribution >= 0.6 is 11.6 Å². The van der Waals surface area contributed by atoms with Gasteiger partial charge in [0.25, 0.3) is 0 Å². The van der Waals surface area contributed by atoms with Crippen molar-refractivity contribution in [1.29, 1.82) is 0 Å². The summed E-state index contributed by atoms with van der Waals surface area (Å²) in [4.78, 5) is 4.49. The lowest BCUT2D eigenvalue weighted by atomic mass is 10.1. The molecule has 0 atom stereocenters. The fourth-order valence-corrected chi connectivity index (χ4v) is 2.09. The van der Waals surface area contributed by atoms with Crippen LogP contribution in [-0.4, -0.2) is 18.6 Å². The van der Waals surface area contributed by atoms with E-state index in [0.717, 1.165) is 28.8 Å². The number of aromatic nitrogens is 1. The number of fused-ring (bicyclic) bond motifs is 1. The van der Waals surface area contributed by atoms with E-state index in [1.807, 2.05) is 25.1 Å². The van der Waals surface area contributed by atoms with E-state index < -0.39 is 0 Å². The number of halogens is 1. The number of benzene rings is 1. The summed E-state index contributed by atoms with van der Waals surface area (Å²) < 4.78 is 5.20. The van der Waals surface area contributed by atoms with E-state index in [1.54, 1.807) is 7.11 Å². The average molecular weight is 251 g/mol. The summed E-state index contributed by atoms with van der Waals surface area (Å²) in [6.07, 6.45) is 0. The van der Waals surface area contributed by atoms with E-state index in [9.17, 15) is 0 Å². The Morgan fingerprint density at radius 3 is 2.76 bits per heavy atom. The molecule has 0 saturated heterocycles. The van der Waals surface area contributed by atoms with Gasteiger partial charge in [0, 0.05) is 29.4 Å². The molecule has 0 aliphatic rings. The number of anilines is 1. The van der Waals surface area contributed by atoms with Gasteiger partial charge in [-0.25, -0.2) is 0 Å². The summed E-state index contributed by atoms with van der Waals surface area (Å²) in [5.41, 5.74) is 2.92. The molecule has 1 N–H and O–H groups in total. The van der Waals surface area contributed by atoms with Crippen molar-refractivity contribution in [3.05, 3.63) is 28.9 Å². The zero-order valence-electron chi connectivity index (χ0n) is 10.2. The summed E-state index contributed by atoms with van der Waals surface area (Å²) >= 11 is 6.13. The Morgan fingerprint density at radius 1 is 1.35 bits per heavy atom. The van der Waals surface area contributed by atoms with E-state index in [2.05, 4.69) is 17.2 Å². The largest absolute Gasteiger partial charge is 0.495 e. The smallest absolute Gasteiger partial charge is 0.139 e. The predicted octanol–water partition coefficient (Wildman–Crippen LogP) is 3.64. The maximum atomic E-state index is 6.13. The van der Waals surface area contributed by atoms with Crippen LogP contribution in [0.2, 0.25) is 5.02 Å². The summed E-state index contributed by atoms with van der Waals surface area (Å²) in [6.45, 7) is 4.90. The lowest BCUT2D eigenvalue weighted by molar-refractivity contribution is 0.415. The molecule has 0 bridgehead atoms. The molecule has 1 aromatic heterocycles. The summed E-state index contributed by atoms with van der Waals surface area (Å²) in [5.74, 6) is 0.653. The molecule has 0 spiro atoms. The molecule has 4 heteroatoms. The third kappa shape index (κ3) is 2.29. The Morgan fingerprint density at radius 2 is 2.12 bits per heavy atom. The van der Waals surface area contributed by atoms with E-state index in [0.29, 0.717) is 10.8 Å². The van der Waals surface area contributed by atoms with Crippen molar-refractivity contribution in [3.8, 4) is 5.75 Å². The van der Waals surface area contributed by atoms with Gasteiger partial charge < -0.3 is 10.1 Å². The first kappa shape index (κ1) is 12.0. The van der Waals surface area contributed by atoms with Crippen LogP contribution in [-0.2, 0) is 0 Å². The molecule has 0 aliphatic heterocycles. The molecule has 0 radical (unpaired) electrons. The number of rotatable bonds is 3. The molecule has 0 amide bonds. The second-order valence-corrected chi connectivity index (χ2v) is 4.25. The molecule has 2 aromatic rings. The number of nitrogens with zero attached hydrogens (tertiary/aromatic N) is 1. The minimum Gasteiger partial charge on any atom is -0.495 e. The van der Waals surface area contributed by atoms with Gasteiger partial charge in [-0.1, -0.05) is 11.6 Å². The maximum Gasteiger partial charge on any atom is 0.139 e. The second kappa shape index (κ2) is 4.80. The molecular weight excluding hydrogens is 236 g/mol. The zero-order valence-corrected chi connectivity index (χ0v) is 10.9. The van der Waals surface area contributed by atoms with E-state index in [4.69, 9.17) is 16.3 Å². The van der Waals surface area contributed by atoms with Crippen molar-refractivity contribution in [3.63, 3.8) is 0 Å². The predicted molar refractivity (Wildman–Crippen MR) is 72.2 cm³/mol. The average Bonchev–Trinajstić information content (AvgIpc) is 2.29. The highest BCUT2D eigenvalue weighted by Gasteiger charge is 2.08. The quantitative estimate of drug-likeness (QED) is 0.903. The number of ether oxygens (including phenoxy) is 1. The fraction of sp³-hybridized carbons (Fsp3) is 0.308. The molecule has 17 heavy (non-hydrogen) atoms. The minimum atomic E-state index is 0.602. The zero-order chi connectivity index (χ0) is 12.4. The van der Waals surface area contributed by atoms with Crippen LogP contribution in [0.4, 0.5) is 5.69 Å². The first-order valence-corrected chi connectivity index (χ1v) is 5.92. The Labute approximate surface area is 106 Å². The SMILES string of the molecule is CCNc1cc(C)nc2cc(OC)c(Cl)cc12. The highest BCUT2D eigenvalue weighted by Crippen LogP contribution is 2.32. The molecule has 0 aliphatic carbocycles. The van der Waals surface area contributed by atoms with Crippen LogP contribution in [0.3, 0.4) is 0 Å². The summed E-state index contributed by atoms with van der Waals surface area (Å²) in [5, 5.41) is 4.94. The number of hydrogen-bond donors (Lipinski definition) is 1. The van der Waals surface area contributed by atoms with Crippen molar-refractivity contribution in [2.75, 3.05) is 19.0 Å². The fourth-order valence-electron chi connectivity index (χ4n) is 1.85. The molecule has 0 unspecified atom stereocenters. The molecule has 90 valence electrons. The Kier molecular flexibility index (Phi) is 3.38. The third-order valence-corrected chi connectivity index (χ3v) is 2.87. The van der Waals surface area contributed by atoms with Crippen LogP contribution in [0.15, 0.2) is 18.2 Å². The van der Waals surface area contributed by atoms with Gasteiger partial charge in [0.05, 0.1) is 17.6 Å². The Bertz CT molecular complexity index is 555. The maximum absolute atomic E-state index is 6.13. The number of methoxy groups -OCH3 is 1. The molecule has 0 saturated carbocycles. The van der Waals surface area contributed by atoms with Crippen LogP contribution in [0.1, 0.15) is 12.6 Å². The van der Waals surface area contributed by atoms with Gasteiger partial charge in [-0.15, -0.1) is 0 Å². The third-order valence-electron chi connectivity index (χ3n) is 2.58. The van der Waals surface area contributed by atoms with Crippen molar-refractivity contribution in [1.82, 2.24) is 4.98 Å². The van der Waals surface area contributed by atoms with E-state index in [1.165, 1.54) is 0 Å². The highest BCUT2D eigenvalue weighted by atomic mass is 35.5. The van der Waals surface area contributed by atoms with Gasteiger partial charge in [-0.2, -0.15) is 0 Å². The first-order chi connectivity index (χ1) is 8.15. The number of aryl methyl sites for hydroxylation is 1. The molecule has 3 nitrogen and oxygen atoms in total. The van der Waals surface area contributed by atoms with Gasteiger partial charge >= 0.3 is 0 Å². The molecular formula is C13H15ClN2O. The number of hydrogen-bond acceptors (Lipinski definition) is 3. The van der Waals surface area contributed by atoms with Gasteiger partial charge in [0.1, 0.15) is 5.75 Å². The van der Waals surface area contributed by atoms with Gasteiger partial charge in [0.15, 0.2) is 0 Å². The highest BCUT2D eigenvalue weighted by molar-refractivity contribution is 6.33. The van der Waals surface area contributed by atoms with Gasteiger partial charge in [0.2, 0.25) is 0 Å². The van der Waals surface area contributed by atoms with Gasteiger partial charge in [-0.05, 0) is 26.0 Å². The van der Waals surface area contributed by atoms with Crippen LogP contribution in [0.5, 0.6) is 5.75 Å². The summed E-state index contributed by atoms with van der Waals surface area (Å²) in [6, 6.07) is 5.78. The lowest BCUT2D eigenvalue weighted by Crippen LogP contribution is -1.99.